The van der Waals surface area contributed by atoms with Gasteiger partial charge < -0.3 is 127 Å². The van der Waals surface area contributed by atoms with Gasteiger partial charge in [0.05, 0.1) is 6.04 Å². The van der Waals surface area contributed by atoms with Gasteiger partial charge in [0.25, 0.3) is 0 Å². The highest BCUT2D eigenvalue weighted by Gasteiger charge is 2.39. The highest BCUT2D eigenvalue weighted by Crippen LogP contribution is 2.16. The highest BCUT2D eigenvalue weighted by molar-refractivity contribution is 6.00. The molecular formula is C63H122N28O12. The Labute approximate surface area is 603 Å². The molecule has 0 aliphatic carbocycles. The van der Waals surface area contributed by atoms with E-state index in [9.17, 15) is 57.5 Å². The van der Waals surface area contributed by atoms with E-state index >= 15 is 0 Å². The number of hydrogen-bond donors (Lipinski definition) is 23. The second-order valence-corrected chi connectivity index (χ2v) is 26.4. The molecule has 0 aromatic rings. The molecule has 0 aromatic carbocycles. The van der Waals surface area contributed by atoms with Crippen LogP contribution in [0.2, 0.25) is 0 Å². The minimum atomic E-state index is -1.37. The summed E-state index contributed by atoms with van der Waals surface area (Å²) in [4.78, 5) is 187. The zero-order valence-corrected chi connectivity index (χ0v) is 61.9. The van der Waals surface area contributed by atoms with Crippen LogP contribution < -0.4 is 127 Å². The standard InChI is InChI=1S/C63H122N28O12/c1-13-33(9)45(57(102)86-41(24-19-29-80-63(74)75)52(97)87-42(30(3)4)54(99)82-36(12)48(93)83-38(47(65)92)21-16-26-77-60(68)69)91-56(101)44(32(7)8)88-55(100)43(31(5)6)89-58(103)46(34(10)14-2)90-53(98)40(23-18-28-79-62(72)73)84-49(94)35(11)81-51(96)39(22-17-27-78-61(70)71)85-50(95)37(64)20-15-25-76-59(66)67/h30-46H,13-29,64H2,1-12H3,(H2,65,92)(H,81,96)(H,82,99)(H,83,93)(H,84,94)(H,85,95)(H,86,102)(H,87,97)(H,88,100)(H,89,103)(H,90,98)(H,91,101)(H4,66,67,76)(H4,68,69,77)(H4,70,71,78)(H4,72,73,79)(H4,74,75,80)/t33-,34-,35-,36-,37-,38-,39-,40-,41-,42-,43-,44-,45-,46-/m0/s1. The van der Waals surface area contributed by atoms with E-state index in [1.54, 1.807) is 69.2 Å². The molecule has 40 heteroatoms. The molecule has 35 N–H and O–H groups in total. The van der Waals surface area contributed by atoms with Crippen LogP contribution >= 0.6 is 0 Å². The Bertz CT molecular complexity index is 2930. The Balaban J connectivity index is 6.89. The topological polar surface area (TPSA) is 711 Å². The lowest BCUT2D eigenvalue weighted by molar-refractivity contribution is -0.138. The fraction of sp³-hybridized carbons (Fsp3) is 0.730. The fourth-order valence-electron chi connectivity index (χ4n) is 9.88. The molecule has 0 rings (SSSR count). The van der Waals surface area contributed by atoms with E-state index in [2.05, 4.69) is 83.4 Å². The van der Waals surface area contributed by atoms with Crippen molar-refractivity contribution in [3.05, 3.63) is 0 Å². The number of carbonyl (C=O) groups excluding carboxylic acids is 12. The smallest absolute Gasteiger partial charge is 0.243 e. The number of rotatable bonds is 50. The third-order valence-corrected chi connectivity index (χ3v) is 16.5. The van der Waals surface area contributed by atoms with Crippen molar-refractivity contribution in [2.24, 2.45) is 123 Å². The number of carbonyl (C=O) groups is 12. The summed E-state index contributed by atoms with van der Waals surface area (Å²) in [5.41, 5.74) is 66.3. The molecule has 0 spiro atoms. The van der Waals surface area contributed by atoms with Gasteiger partial charge in [0.2, 0.25) is 70.9 Å². The Morgan fingerprint density at radius 1 is 0.272 bits per heavy atom. The predicted octanol–water partition coefficient (Wildman–Crippen LogP) is -7.50. The highest BCUT2D eigenvalue weighted by atomic mass is 16.2. The number of nitrogens with one attached hydrogen (secondary N) is 11. The van der Waals surface area contributed by atoms with Crippen LogP contribution in [-0.2, 0) is 57.5 Å². The van der Waals surface area contributed by atoms with E-state index in [0.717, 1.165) is 0 Å². The molecule has 0 fully saturated rings. The Morgan fingerprint density at radius 2 is 0.495 bits per heavy atom. The van der Waals surface area contributed by atoms with E-state index in [1.807, 2.05) is 0 Å². The SMILES string of the molecule is CC[C@H](C)[C@H](NC(=O)[C@H](CCCN=C(N)N)NC(=O)[C@H](C)NC(=O)[C@H](CCCN=C(N)N)NC(=O)[C@@H](N)CCCN=C(N)N)C(=O)N[C@H](C(=O)N[C@H](C(=O)N[C@H](C(=O)N[C@@H](CCCN=C(N)N)C(=O)N[C@H](C(=O)N[C@@H](C)C(=O)N[C@@H](CCCN=C(N)N)C(N)=O)C(C)C)[C@@H](C)CC)C(C)C)C(C)C. The molecule has 103 heavy (non-hydrogen) atoms. The first-order chi connectivity index (χ1) is 48.1. The Kier molecular flexibility index (Phi) is 44.0. The monoisotopic (exact) mass is 1460 g/mol. The van der Waals surface area contributed by atoms with Gasteiger partial charge in [0, 0.05) is 32.7 Å². The number of hydrogen-bond acceptors (Lipinski definition) is 18. The van der Waals surface area contributed by atoms with Crippen molar-refractivity contribution in [1.29, 1.82) is 0 Å². The van der Waals surface area contributed by atoms with Gasteiger partial charge >= 0.3 is 0 Å². The van der Waals surface area contributed by atoms with Gasteiger partial charge in [-0.25, -0.2) is 0 Å². The maximum absolute atomic E-state index is 14.5. The number of nitrogens with two attached hydrogens (primary N) is 12. The Hall–Kier alpha value is -10.0. The molecule has 40 nitrogen and oxygen atoms in total. The molecule has 14 atom stereocenters. The maximum atomic E-state index is 14.5. The van der Waals surface area contributed by atoms with Crippen LogP contribution in [0, 0.1) is 29.6 Å². The maximum Gasteiger partial charge on any atom is 0.243 e. The van der Waals surface area contributed by atoms with Crippen molar-refractivity contribution in [1.82, 2.24) is 58.5 Å². The lowest BCUT2D eigenvalue weighted by Gasteiger charge is -2.32. The van der Waals surface area contributed by atoms with Gasteiger partial charge in [-0.3, -0.25) is 82.5 Å². The summed E-state index contributed by atoms with van der Waals surface area (Å²) in [6.45, 7) is 19.9. The van der Waals surface area contributed by atoms with Crippen LogP contribution in [0.3, 0.4) is 0 Å². The minimum absolute atomic E-state index is 0.0128. The van der Waals surface area contributed by atoms with Gasteiger partial charge in [-0.15, -0.1) is 0 Å². The van der Waals surface area contributed by atoms with Crippen LogP contribution in [0.5, 0.6) is 0 Å². The predicted molar refractivity (Wildman–Crippen MR) is 393 cm³/mol. The van der Waals surface area contributed by atoms with Gasteiger partial charge in [-0.05, 0) is 108 Å². The first-order valence-electron chi connectivity index (χ1n) is 34.8. The number of aliphatic imine (C=N–C) groups is 5. The van der Waals surface area contributed by atoms with Crippen molar-refractivity contribution in [3.8, 4) is 0 Å². The number of primary amides is 1. The summed E-state index contributed by atoms with van der Waals surface area (Å²) in [7, 11) is 0. The van der Waals surface area contributed by atoms with E-state index in [1.165, 1.54) is 13.8 Å². The van der Waals surface area contributed by atoms with Gasteiger partial charge in [0.15, 0.2) is 29.8 Å². The van der Waals surface area contributed by atoms with Crippen LogP contribution in [0.4, 0.5) is 0 Å². The normalized spacial score (nSPS) is 15.1. The van der Waals surface area contributed by atoms with Crippen molar-refractivity contribution >= 4 is 101 Å². The molecule has 0 unspecified atom stereocenters. The number of amides is 12. The minimum Gasteiger partial charge on any atom is -0.370 e. The molecule has 0 aromatic heterocycles. The third kappa shape index (κ3) is 37.4. The van der Waals surface area contributed by atoms with E-state index in [4.69, 9.17) is 68.8 Å². The molecule has 0 saturated carbocycles. The van der Waals surface area contributed by atoms with Crippen LogP contribution in [0.15, 0.2) is 25.0 Å². The second kappa shape index (κ2) is 48.7. The van der Waals surface area contributed by atoms with Crippen molar-refractivity contribution in [3.63, 3.8) is 0 Å². The van der Waals surface area contributed by atoms with Crippen molar-refractivity contribution in [2.75, 3.05) is 32.7 Å². The molecule has 0 aliphatic rings. The lowest BCUT2D eigenvalue weighted by Crippen LogP contribution is -2.63. The summed E-state index contributed by atoms with van der Waals surface area (Å²) in [6, 6.07) is -15.3. The van der Waals surface area contributed by atoms with E-state index < -0.39 is 173 Å². The molecule has 0 bridgehead atoms. The average molecular weight is 1460 g/mol. The lowest BCUT2D eigenvalue weighted by atomic mass is 9.94. The number of nitrogens with zero attached hydrogens (tertiary/aromatic N) is 5. The van der Waals surface area contributed by atoms with Gasteiger partial charge in [-0.1, -0.05) is 82.1 Å². The summed E-state index contributed by atoms with van der Waals surface area (Å²) in [6.07, 6.45) is 1.87. The van der Waals surface area contributed by atoms with Gasteiger partial charge in [0.1, 0.15) is 66.5 Å². The van der Waals surface area contributed by atoms with E-state index in [0.29, 0.717) is 19.3 Å². The van der Waals surface area contributed by atoms with Crippen LogP contribution in [0.1, 0.15) is 160 Å². The zero-order chi connectivity index (χ0) is 79.0. The molecule has 586 valence electrons. The third-order valence-electron chi connectivity index (χ3n) is 16.5. The Morgan fingerprint density at radius 3 is 0.806 bits per heavy atom. The quantitative estimate of drug-likeness (QED) is 0.0153. The molecular weight excluding hydrogens is 1340 g/mol. The average Bonchev–Trinajstić information content (AvgIpc) is 0.834. The molecule has 0 radical (unpaired) electrons. The molecule has 0 heterocycles. The van der Waals surface area contributed by atoms with Crippen LogP contribution in [0.25, 0.3) is 0 Å². The molecule has 12 amide bonds. The zero-order valence-electron chi connectivity index (χ0n) is 61.9. The summed E-state index contributed by atoms with van der Waals surface area (Å²) < 4.78 is 0. The largest absolute Gasteiger partial charge is 0.370 e. The van der Waals surface area contributed by atoms with Crippen molar-refractivity contribution in [2.45, 2.75) is 233 Å². The molecule has 0 saturated heterocycles. The summed E-state index contributed by atoms with van der Waals surface area (Å²) in [5, 5.41) is 29.2. The van der Waals surface area contributed by atoms with Gasteiger partial charge in [-0.2, -0.15) is 0 Å². The van der Waals surface area contributed by atoms with Crippen LogP contribution in [-0.4, -0.2) is 206 Å². The second-order valence-electron chi connectivity index (χ2n) is 26.4. The first kappa shape index (κ1) is 93.0. The first-order valence-corrected chi connectivity index (χ1v) is 34.8. The summed E-state index contributed by atoms with van der Waals surface area (Å²) in [5.74, 6) is -13.6. The summed E-state index contributed by atoms with van der Waals surface area (Å²) >= 11 is 0. The van der Waals surface area contributed by atoms with Crippen molar-refractivity contribution < 1.29 is 57.5 Å². The van der Waals surface area contributed by atoms with E-state index in [-0.39, 0.29) is 120 Å². The molecule has 0 aliphatic heterocycles. The number of guanidine groups is 5. The fourth-order valence-corrected chi connectivity index (χ4v) is 9.88.